The van der Waals surface area contributed by atoms with Crippen molar-refractivity contribution in [1.82, 2.24) is 15.0 Å². The number of aromatic amines is 1. The molecule has 0 bridgehead atoms. The molecule has 1 aliphatic rings. The zero-order valence-corrected chi connectivity index (χ0v) is 13.5. The molecule has 0 unspecified atom stereocenters. The highest BCUT2D eigenvalue weighted by atomic mass is 32.1. The van der Waals surface area contributed by atoms with Crippen LogP contribution in [0.2, 0.25) is 0 Å². The van der Waals surface area contributed by atoms with Crippen molar-refractivity contribution in [2.24, 2.45) is 4.99 Å². The van der Waals surface area contributed by atoms with Crippen LogP contribution in [0.15, 0.2) is 29.4 Å². The molecule has 0 saturated carbocycles. The van der Waals surface area contributed by atoms with Gasteiger partial charge in [-0.05, 0) is 18.6 Å². The lowest BCUT2D eigenvalue weighted by Gasteiger charge is -2.02. The van der Waals surface area contributed by atoms with Gasteiger partial charge in [-0.15, -0.1) is 11.3 Å². The fourth-order valence-electron chi connectivity index (χ4n) is 2.53. The zero-order chi connectivity index (χ0) is 15.6. The van der Waals surface area contributed by atoms with Crippen LogP contribution in [0.25, 0.3) is 10.3 Å². The highest BCUT2D eigenvalue weighted by Gasteiger charge is 2.16. The Morgan fingerprint density at radius 1 is 1.35 bits per heavy atom. The molecule has 1 aliphatic heterocycles. The van der Waals surface area contributed by atoms with Crippen LogP contribution < -0.4 is 4.74 Å². The van der Waals surface area contributed by atoms with E-state index in [9.17, 15) is 0 Å². The number of nitrogens with zero attached hydrogens (tertiary/aromatic N) is 3. The number of ether oxygens (including phenoxy) is 2. The first kappa shape index (κ1) is 14.2. The number of hydrogen-bond donors (Lipinski definition) is 1. The van der Waals surface area contributed by atoms with Crippen LogP contribution in [0, 0.1) is 0 Å². The summed E-state index contributed by atoms with van der Waals surface area (Å²) < 4.78 is 10.7. The van der Waals surface area contributed by atoms with Gasteiger partial charge < -0.3 is 14.5 Å². The van der Waals surface area contributed by atoms with E-state index in [2.05, 4.69) is 26.0 Å². The van der Waals surface area contributed by atoms with E-state index >= 15 is 0 Å². The van der Waals surface area contributed by atoms with Crippen LogP contribution in [0.3, 0.4) is 0 Å². The molecular formula is C16H16N4O2S. The van der Waals surface area contributed by atoms with Gasteiger partial charge >= 0.3 is 0 Å². The molecule has 4 heterocycles. The highest BCUT2D eigenvalue weighted by molar-refractivity contribution is 7.20. The molecule has 1 N–H and O–H groups in total. The van der Waals surface area contributed by atoms with E-state index in [1.54, 1.807) is 24.6 Å². The number of hydrogen-bond acceptors (Lipinski definition) is 6. The smallest absolute Gasteiger partial charge is 0.226 e. The summed E-state index contributed by atoms with van der Waals surface area (Å²) in [6, 6.07) is 5.87. The molecule has 0 amide bonds. The van der Waals surface area contributed by atoms with E-state index in [0.717, 1.165) is 57.8 Å². The number of thiophene rings is 1. The number of aromatic nitrogens is 3. The molecular weight excluding hydrogens is 312 g/mol. The fraction of sp³-hybridized carbons (Fsp3) is 0.312. The van der Waals surface area contributed by atoms with Crippen LogP contribution in [0.5, 0.6) is 5.75 Å². The molecule has 0 saturated heterocycles. The molecule has 0 spiro atoms. The molecule has 0 aliphatic carbocycles. The first-order chi connectivity index (χ1) is 11.3. The third-order valence-corrected chi connectivity index (χ3v) is 4.68. The number of H-pyrrole nitrogens is 1. The van der Waals surface area contributed by atoms with Gasteiger partial charge in [0.25, 0.3) is 0 Å². The van der Waals surface area contributed by atoms with E-state index in [0.29, 0.717) is 6.61 Å². The molecule has 7 heteroatoms. The summed E-state index contributed by atoms with van der Waals surface area (Å²) in [6.45, 7) is 1.42. The molecule has 3 aromatic heterocycles. The third kappa shape index (κ3) is 2.92. The molecule has 118 valence electrons. The van der Waals surface area contributed by atoms with Crippen molar-refractivity contribution in [3.8, 4) is 5.75 Å². The molecule has 6 nitrogen and oxygen atoms in total. The lowest BCUT2D eigenvalue weighted by atomic mass is 10.2. The highest BCUT2D eigenvalue weighted by Crippen LogP contribution is 2.26. The lowest BCUT2D eigenvalue weighted by molar-refractivity contribution is 0.349. The molecule has 0 fully saturated rings. The van der Waals surface area contributed by atoms with E-state index < -0.39 is 0 Å². The first-order valence-corrected chi connectivity index (χ1v) is 8.28. The largest absolute Gasteiger partial charge is 0.497 e. The van der Waals surface area contributed by atoms with Gasteiger partial charge in [-0.1, -0.05) is 0 Å². The van der Waals surface area contributed by atoms with E-state index in [1.807, 2.05) is 12.1 Å². The van der Waals surface area contributed by atoms with Crippen LogP contribution in [-0.2, 0) is 17.6 Å². The van der Waals surface area contributed by atoms with E-state index in [-0.39, 0.29) is 0 Å². The van der Waals surface area contributed by atoms with Crippen LogP contribution in [-0.4, -0.2) is 41.1 Å². The molecule has 0 radical (unpaired) electrons. The number of imidazole rings is 1. The molecule has 23 heavy (non-hydrogen) atoms. The maximum atomic E-state index is 5.49. The standard InChI is InChI=1S/C16H16N4O2S/c1-21-11-4-5-17-10(8-11)2-3-14-19-12-9-13(23-16(12)20-14)15-18-6-7-22-15/h4-5,8-9H,2-3,6-7H2,1H3,(H,19,20). The van der Waals surface area contributed by atoms with Crippen molar-refractivity contribution in [3.63, 3.8) is 0 Å². The van der Waals surface area contributed by atoms with Crippen molar-refractivity contribution >= 4 is 27.6 Å². The van der Waals surface area contributed by atoms with Crippen molar-refractivity contribution in [2.45, 2.75) is 12.8 Å². The Labute approximate surface area is 137 Å². The number of fused-ring (bicyclic) bond motifs is 1. The van der Waals surface area contributed by atoms with Gasteiger partial charge in [-0.2, -0.15) is 0 Å². The van der Waals surface area contributed by atoms with Gasteiger partial charge in [0.05, 0.1) is 24.0 Å². The summed E-state index contributed by atoms with van der Waals surface area (Å²) in [4.78, 5) is 18.8. The average Bonchev–Trinajstić information content (AvgIpc) is 3.28. The Morgan fingerprint density at radius 3 is 3.09 bits per heavy atom. The van der Waals surface area contributed by atoms with Gasteiger partial charge in [0.15, 0.2) is 0 Å². The fourth-order valence-corrected chi connectivity index (χ4v) is 3.51. The van der Waals surface area contributed by atoms with Crippen LogP contribution >= 0.6 is 11.3 Å². The minimum Gasteiger partial charge on any atom is -0.497 e. The minimum absolute atomic E-state index is 0.674. The Hall–Kier alpha value is -2.41. The topological polar surface area (TPSA) is 72.4 Å². The summed E-state index contributed by atoms with van der Waals surface area (Å²) in [5.41, 5.74) is 2.04. The van der Waals surface area contributed by atoms with Crippen LogP contribution in [0.1, 0.15) is 16.4 Å². The first-order valence-electron chi connectivity index (χ1n) is 7.47. The number of rotatable bonds is 5. The van der Waals surface area contributed by atoms with Crippen molar-refractivity contribution in [1.29, 1.82) is 0 Å². The predicted octanol–water partition coefficient (Wildman–Crippen LogP) is 2.59. The molecule has 0 atom stereocenters. The Morgan fingerprint density at radius 2 is 2.30 bits per heavy atom. The van der Waals surface area contributed by atoms with Gasteiger partial charge in [0.2, 0.25) is 5.90 Å². The summed E-state index contributed by atoms with van der Waals surface area (Å²) in [6.07, 6.45) is 3.40. The SMILES string of the molecule is COc1ccnc(CCc2nc3sc(C4=NCCO4)cc3[nH]2)c1. The summed E-state index contributed by atoms with van der Waals surface area (Å²) in [5.74, 6) is 2.54. The maximum Gasteiger partial charge on any atom is 0.226 e. The number of pyridine rings is 1. The van der Waals surface area contributed by atoms with Gasteiger partial charge in [0.1, 0.15) is 23.0 Å². The van der Waals surface area contributed by atoms with Gasteiger partial charge in [-0.3, -0.25) is 4.98 Å². The monoisotopic (exact) mass is 328 g/mol. The summed E-state index contributed by atoms with van der Waals surface area (Å²) >= 11 is 1.61. The molecule has 0 aromatic carbocycles. The Bertz CT molecular complexity index is 836. The molecule has 3 aromatic rings. The second-order valence-corrected chi connectivity index (χ2v) is 6.27. The Balaban J connectivity index is 1.48. The zero-order valence-electron chi connectivity index (χ0n) is 12.7. The number of aryl methyl sites for hydroxylation is 2. The number of methoxy groups -OCH3 is 1. The van der Waals surface area contributed by atoms with Crippen molar-refractivity contribution < 1.29 is 9.47 Å². The maximum absolute atomic E-state index is 5.49. The molecule has 4 rings (SSSR count). The number of aliphatic imine (C=N–C) groups is 1. The Kier molecular flexibility index (Phi) is 3.70. The average molecular weight is 328 g/mol. The van der Waals surface area contributed by atoms with E-state index in [4.69, 9.17) is 9.47 Å². The van der Waals surface area contributed by atoms with E-state index in [1.165, 1.54) is 0 Å². The van der Waals surface area contributed by atoms with Gasteiger partial charge in [-0.25, -0.2) is 9.98 Å². The van der Waals surface area contributed by atoms with Crippen LogP contribution in [0.4, 0.5) is 0 Å². The third-order valence-electron chi connectivity index (χ3n) is 3.67. The second-order valence-electron chi connectivity index (χ2n) is 5.24. The van der Waals surface area contributed by atoms with Crippen molar-refractivity contribution in [3.05, 3.63) is 40.8 Å². The summed E-state index contributed by atoms with van der Waals surface area (Å²) in [7, 11) is 1.66. The second kappa shape index (κ2) is 6.00. The van der Waals surface area contributed by atoms with Gasteiger partial charge in [0, 0.05) is 24.4 Å². The normalized spacial score (nSPS) is 14.0. The van der Waals surface area contributed by atoms with Crippen molar-refractivity contribution in [2.75, 3.05) is 20.3 Å². The predicted molar refractivity (Wildman–Crippen MR) is 89.5 cm³/mol. The quantitative estimate of drug-likeness (QED) is 0.781. The summed E-state index contributed by atoms with van der Waals surface area (Å²) in [5, 5.41) is 0. The minimum atomic E-state index is 0.674. The number of nitrogens with one attached hydrogen (secondary N) is 1. The lowest BCUT2D eigenvalue weighted by Crippen LogP contribution is -1.98.